The van der Waals surface area contributed by atoms with Crippen LogP contribution in [0.15, 0.2) is 66.7 Å². The summed E-state index contributed by atoms with van der Waals surface area (Å²) < 4.78 is 27.0. The van der Waals surface area contributed by atoms with Gasteiger partial charge >= 0.3 is 6.03 Å². The minimum atomic E-state index is -0.685. The number of carbonyl (C=O) groups is 1. The van der Waals surface area contributed by atoms with Crippen molar-refractivity contribution in [1.29, 1.82) is 0 Å². The van der Waals surface area contributed by atoms with Crippen molar-refractivity contribution in [2.75, 3.05) is 31.6 Å². The maximum atomic E-state index is 13.9. The molecule has 2 heterocycles. The second kappa shape index (κ2) is 11.3. The number of nitrogens with one attached hydrogen (secondary N) is 1. The van der Waals surface area contributed by atoms with Gasteiger partial charge in [0.1, 0.15) is 11.6 Å². The molecular formula is C31H31F2N3O2. The van der Waals surface area contributed by atoms with Gasteiger partial charge in [-0.2, -0.15) is 0 Å². The number of urea groups is 1. The SMILES string of the molecule is Cc1ccc(NC(=O)N2CCCCN3[C@H](CO)[C@H](c4ccc(C#Cc5ccc(F)cc5F)cc4)[C@@H]3C2)cc1. The number of halogens is 2. The van der Waals surface area contributed by atoms with Gasteiger partial charge in [-0.15, -0.1) is 0 Å². The summed E-state index contributed by atoms with van der Waals surface area (Å²) in [6, 6.07) is 18.8. The van der Waals surface area contributed by atoms with Gasteiger partial charge in [-0.1, -0.05) is 41.7 Å². The Kier molecular flexibility index (Phi) is 7.73. The molecule has 2 N–H and O–H groups in total. The molecule has 0 aliphatic carbocycles. The molecule has 2 aliphatic heterocycles. The van der Waals surface area contributed by atoms with E-state index in [-0.39, 0.29) is 36.2 Å². The van der Waals surface area contributed by atoms with Gasteiger partial charge in [-0.3, -0.25) is 4.90 Å². The van der Waals surface area contributed by atoms with Gasteiger partial charge in [-0.25, -0.2) is 13.6 Å². The number of aryl methyl sites for hydroxylation is 1. The summed E-state index contributed by atoms with van der Waals surface area (Å²) in [5, 5.41) is 13.2. The topological polar surface area (TPSA) is 55.8 Å². The number of carbonyl (C=O) groups excluding carboxylic acids is 1. The van der Waals surface area contributed by atoms with Crippen molar-refractivity contribution in [3.63, 3.8) is 0 Å². The van der Waals surface area contributed by atoms with Crippen molar-refractivity contribution in [2.45, 2.75) is 37.8 Å². The lowest BCUT2D eigenvalue weighted by Crippen LogP contribution is -2.68. The van der Waals surface area contributed by atoms with Crippen LogP contribution in [0.3, 0.4) is 0 Å². The van der Waals surface area contributed by atoms with Crippen LogP contribution >= 0.6 is 0 Å². The Balaban J connectivity index is 1.31. The van der Waals surface area contributed by atoms with Crippen LogP contribution in [0.5, 0.6) is 0 Å². The van der Waals surface area contributed by atoms with Gasteiger partial charge in [0.2, 0.25) is 0 Å². The fourth-order valence-electron chi connectivity index (χ4n) is 5.48. The lowest BCUT2D eigenvalue weighted by atomic mass is 9.74. The zero-order valence-electron chi connectivity index (χ0n) is 21.3. The van der Waals surface area contributed by atoms with Crippen LogP contribution in [0.25, 0.3) is 0 Å². The van der Waals surface area contributed by atoms with Crippen LogP contribution in [0.4, 0.5) is 19.3 Å². The van der Waals surface area contributed by atoms with Gasteiger partial charge in [-0.05, 0) is 68.3 Å². The van der Waals surface area contributed by atoms with Crippen LogP contribution in [0, 0.1) is 30.4 Å². The molecule has 0 unspecified atom stereocenters. The molecule has 2 amide bonds. The predicted molar refractivity (Wildman–Crippen MR) is 144 cm³/mol. The highest BCUT2D eigenvalue weighted by atomic mass is 19.1. The number of hydrogen-bond acceptors (Lipinski definition) is 3. The Morgan fingerprint density at radius 3 is 2.45 bits per heavy atom. The van der Waals surface area contributed by atoms with Gasteiger partial charge in [0, 0.05) is 48.4 Å². The summed E-state index contributed by atoms with van der Waals surface area (Å²) in [6.45, 7) is 4.21. The molecule has 3 atom stereocenters. The molecule has 2 saturated heterocycles. The molecule has 5 rings (SSSR count). The first kappa shape index (κ1) is 25.9. The number of benzene rings is 3. The molecule has 0 aromatic heterocycles. The molecular weight excluding hydrogens is 484 g/mol. The molecule has 3 aromatic rings. The zero-order valence-corrected chi connectivity index (χ0v) is 21.3. The average Bonchev–Trinajstić information content (AvgIpc) is 2.89. The zero-order chi connectivity index (χ0) is 26.6. The van der Waals surface area contributed by atoms with Crippen LogP contribution < -0.4 is 5.32 Å². The van der Waals surface area contributed by atoms with Crippen LogP contribution in [-0.4, -0.2) is 59.3 Å². The van der Waals surface area contributed by atoms with Crippen molar-refractivity contribution in [3.05, 3.63) is 101 Å². The molecule has 0 saturated carbocycles. The first-order valence-electron chi connectivity index (χ1n) is 13.0. The van der Waals surface area contributed by atoms with E-state index in [1.165, 1.54) is 12.1 Å². The number of nitrogens with zero attached hydrogens (tertiary/aromatic N) is 2. The van der Waals surface area contributed by atoms with E-state index in [0.717, 1.165) is 42.3 Å². The summed E-state index contributed by atoms with van der Waals surface area (Å²) in [5.41, 5.74) is 3.84. The Bertz CT molecular complexity index is 1350. The van der Waals surface area contributed by atoms with E-state index in [9.17, 15) is 18.7 Å². The number of fused-ring (bicyclic) bond motifs is 1. The third kappa shape index (κ3) is 5.57. The lowest BCUT2D eigenvalue weighted by Gasteiger charge is -2.57. The van der Waals surface area contributed by atoms with Gasteiger partial charge in [0.25, 0.3) is 0 Å². The van der Waals surface area contributed by atoms with Crippen LogP contribution in [0.2, 0.25) is 0 Å². The quantitative estimate of drug-likeness (QED) is 0.476. The Morgan fingerprint density at radius 2 is 1.74 bits per heavy atom. The Hall–Kier alpha value is -3.73. The van der Waals surface area contributed by atoms with E-state index in [1.807, 2.05) is 60.4 Å². The number of anilines is 1. The van der Waals surface area contributed by atoms with Crippen molar-refractivity contribution in [3.8, 4) is 11.8 Å². The van der Waals surface area contributed by atoms with E-state index in [2.05, 4.69) is 22.1 Å². The number of rotatable bonds is 3. The maximum absolute atomic E-state index is 13.9. The second-order valence-electron chi connectivity index (χ2n) is 10.0. The fraction of sp³-hybridized carbons (Fsp3) is 0.323. The number of aliphatic hydroxyl groups excluding tert-OH is 1. The molecule has 0 spiro atoms. The van der Waals surface area contributed by atoms with E-state index < -0.39 is 11.6 Å². The summed E-state index contributed by atoms with van der Waals surface area (Å²) in [7, 11) is 0. The van der Waals surface area contributed by atoms with E-state index in [1.54, 1.807) is 0 Å². The molecule has 2 aliphatic rings. The Morgan fingerprint density at radius 1 is 1.00 bits per heavy atom. The molecule has 0 bridgehead atoms. The first-order valence-corrected chi connectivity index (χ1v) is 13.0. The first-order chi connectivity index (χ1) is 18.4. The molecule has 2 fully saturated rings. The smallest absolute Gasteiger partial charge is 0.321 e. The standard InChI is InChI=1S/C31H31F2N3O2/c1-21-4-14-26(15-5-21)34-31(38)35-16-2-3-17-36-28(19-35)30(29(36)20-37)24-10-7-22(8-11-24)6-9-23-12-13-25(32)18-27(23)33/h4-5,7-8,10-15,18,28-30,37H,2-3,16-17,19-20H2,1H3,(H,34,38)/t28-,29+,30+/m0/s1. The normalized spacial score (nSPS) is 21.3. The maximum Gasteiger partial charge on any atom is 0.321 e. The summed E-state index contributed by atoms with van der Waals surface area (Å²) in [6.07, 6.45) is 1.87. The minimum Gasteiger partial charge on any atom is -0.395 e. The number of hydrogen-bond donors (Lipinski definition) is 2. The predicted octanol–water partition coefficient (Wildman–Crippen LogP) is 5.13. The summed E-state index contributed by atoms with van der Waals surface area (Å²) >= 11 is 0. The van der Waals surface area contributed by atoms with Crippen molar-refractivity contribution in [1.82, 2.24) is 9.80 Å². The van der Waals surface area contributed by atoms with Crippen LogP contribution in [0.1, 0.15) is 41.0 Å². The third-order valence-corrected chi connectivity index (χ3v) is 7.53. The highest BCUT2D eigenvalue weighted by Crippen LogP contribution is 2.42. The highest BCUT2D eigenvalue weighted by Gasteiger charge is 2.49. The molecule has 7 heteroatoms. The average molecular weight is 516 g/mol. The van der Waals surface area contributed by atoms with Gasteiger partial charge < -0.3 is 15.3 Å². The largest absolute Gasteiger partial charge is 0.395 e. The van der Waals surface area contributed by atoms with Gasteiger partial charge in [0.05, 0.1) is 12.2 Å². The highest BCUT2D eigenvalue weighted by molar-refractivity contribution is 5.89. The lowest BCUT2D eigenvalue weighted by molar-refractivity contribution is -0.0585. The van der Waals surface area contributed by atoms with Crippen molar-refractivity contribution in [2.24, 2.45) is 0 Å². The van der Waals surface area contributed by atoms with Crippen molar-refractivity contribution >= 4 is 11.7 Å². The third-order valence-electron chi connectivity index (χ3n) is 7.53. The summed E-state index contributed by atoms with van der Waals surface area (Å²) in [5.74, 6) is 4.46. The second-order valence-corrected chi connectivity index (χ2v) is 10.0. The molecule has 3 aromatic carbocycles. The molecule has 0 radical (unpaired) electrons. The number of aliphatic hydroxyl groups is 1. The van der Waals surface area contributed by atoms with E-state index in [0.29, 0.717) is 18.7 Å². The summed E-state index contributed by atoms with van der Waals surface area (Å²) in [4.78, 5) is 17.4. The fourth-order valence-corrected chi connectivity index (χ4v) is 5.48. The molecule has 38 heavy (non-hydrogen) atoms. The van der Waals surface area contributed by atoms with Crippen LogP contribution in [-0.2, 0) is 0 Å². The molecule has 196 valence electrons. The van der Waals surface area contributed by atoms with E-state index in [4.69, 9.17) is 0 Å². The van der Waals surface area contributed by atoms with Gasteiger partial charge in [0.15, 0.2) is 0 Å². The monoisotopic (exact) mass is 515 g/mol. The number of amides is 2. The minimum absolute atomic E-state index is 0.00893. The van der Waals surface area contributed by atoms with Crippen molar-refractivity contribution < 1.29 is 18.7 Å². The Labute approximate surface area is 222 Å². The molecule has 5 nitrogen and oxygen atoms in total. The van der Waals surface area contributed by atoms with E-state index >= 15 is 0 Å².